The first kappa shape index (κ1) is 24.9. The fourth-order valence-electron chi connectivity index (χ4n) is 5.58. The van der Waals surface area contributed by atoms with Crippen LogP contribution in [0.4, 0.5) is 4.39 Å². The van der Waals surface area contributed by atoms with Gasteiger partial charge in [0.05, 0.1) is 18.2 Å². The van der Waals surface area contributed by atoms with Crippen LogP contribution in [0.3, 0.4) is 0 Å². The lowest BCUT2D eigenvalue weighted by Gasteiger charge is -2.34. The molecule has 0 spiro atoms. The molecule has 1 saturated carbocycles. The number of benzene rings is 1. The quantitative estimate of drug-likeness (QED) is 0.326. The zero-order chi connectivity index (χ0) is 26.2. The average molecular weight is 521 g/mol. The Balaban J connectivity index is 1.20. The van der Waals surface area contributed by atoms with Crippen molar-refractivity contribution < 1.29 is 13.9 Å². The van der Waals surface area contributed by atoms with E-state index in [2.05, 4.69) is 26.1 Å². The van der Waals surface area contributed by atoms with Gasteiger partial charge in [-0.3, -0.25) is 9.13 Å². The summed E-state index contributed by atoms with van der Waals surface area (Å²) in [7, 11) is 3.45. The Morgan fingerprint density at radius 3 is 2.61 bits per heavy atom. The van der Waals surface area contributed by atoms with E-state index in [4.69, 9.17) is 9.47 Å². The summed E-state index contributed by atoms with van der Waals surface area (Å²) < 4.78 is 28.0. The van der Waals surface area contributed by atoms with Gasteiger partial charge in [0, 0.05) is 63.0 Å². The minimum absolute atomic E-state index is 0.0816. The molecule has 1 aromatic carbocycles. The van der Waals surface area contributed by atoms with E-state index in [0.29, 0.717) is 31.0 Å². The Hall–Kier alpha value is -3.37. The molecule has 0 atom stereocenters. The first-order chi connectivity index (χ1) is 18.5. The Kier molecular flexibility index (Phi) is 6.84. The third-order valence-corrected chi connectivity index (χ3v) is 7.99. The lowest BCUT2D eigenvalue weighted by molar-refractivity contribution is 0.00635. The van der Waals surface area contributed by atoms with Crippen LogP contribution >= 0.6 is 0 Å². The molecule has 200 valence electrons. The Labute approximate surface area is 220 Å². The number of hydrogen-bond acceptors (Lipinski definition) is 7. The monoisotopic (exact) mass is 520 g/mol. The molecular formula is C28H33FN6O3. The molecule has 0 unspecified atom stereocenters. The molecule has 2 aliphatic rings. The van der Waals surface area contributed by atoms with E-state index in [1.807, 2.05) is 35.0 Å². The highest BCUT2D eigenvalue weighted by molar-refractivity contribution is 6.02. The number of aromatic nitrogens is 5. The standard InChI is InChI=1S/C28H33FN6O3/c1-33-27-26(35(28(33)36)21-15-22(16-21)37-2)23-14-18(4-6-24(23)31-32-27)19-5-7-25(30-17-19)38-13-3-10-34-11-8-20(29)9-12-34/h4-7,14,17,20-22H,3,8-13,15-16H2,1-2H3. The van der Waals surface area contributed by atoms with Crippen molar-refractivity contribution in [2.75, 3.05) is 33.4 Å². The molecule has 1 saturated heterocycles. The SMILES string of the molecule is COC1CC(n2c(=O)n(C)c3nnc4ccc(-c5ccc(OCCCN6CCC(F)CC6)nc5)cc4c32)C1. The molecule has 2 fully saturated rings. The van der Waals surface area contributed by atoms with Crippen molar-refractivity contribution in [2.45, 2.75) is 50.4 Å². The van der Waals surface area contributed by atoms with Crippen LogP contribution in [0.2, 0.25) is 0 Å². The van der Waals surface area contributed by atoms with Crippen molar-refractivity contribution in [1.29, 1.82) is 0 Å². The van der Waals surface area contributed by atoms with E-state index in [0.717, 1.165) is 66.4 Å². The number of pyridine rings is 1. The van der Waals surface area contributed by atoms with Crippen molar-refractivity contribution in [3.05, 3.63) is 47.0 Å². The van der Waals surface area contributed by atoms with Crippen molar-refractivity contribution in [1.82, 2.24) is 29.2 Å². The van der Waals surface area contributed by atoms with E-state index >= 15 is 0 Å². The minimum Gasteiger partial charge on any atom is -0.478 e. The summed E-state index contributed by atoms with van der Waals surface area (Å²) in [5.41, 5.74) is 3.98. The number of ether oxygens (including phenoxy) is 2. The number of fused-ring (bicyclic) bond motifs is 3. The highest BCUT2D eigenvalue weighted by Gasteiger charge is 2.34. The first-order valence-electron chi connectivity index (χ1n) is 13.4. The largest absolute Gasteiger partial charge is 0.478 e. The maximum Gasteiger partial charge on any atom is 0.330 e. The lowest BCUT2D eigenvalue weighted by atomic mass is 9.89. The van der Waals surface area contributed by atoms with Crippen molar-refractivity contribution >= 4 is 22.1 Å². The van der Waals surface area contributed by atoms with Gasteiger partial charge < -0.3 is 14.4 Å². The number of piperidine rings is 1. The summed E-state index contributed by atoms with van der Waals surface area (Å²) in [6, 6.07) is 9.96. The average Bonchev–Trinajstić information content (AvgIpc) is 3.17. The number of rotatable bonds is 8. The second-order valence-electron chi connectivity index (χ2n) is 10.4. The van der Waals surface area contributed by atoms with Gasteiger partial charge >= 0.3 is 5.69 Å². The van der Waals surface area contributed by atoms with Gasteiger partial charge in [0.1, 0.15) is 11.7 Å². The number of halogens is 1. The molecule has 9 nitrogen and oxygen atoms in total. The van der Waals surface area contributed by atoms with E-state index in [9.17, 15) is 9.18 Å². The van der Waals surface area contributed by atoms with E-state index in [1.54, 1.807) is 18.7 Å². The maximum atomic E-state index is 13.3. The molecule has 0 radical (unpaired) electrons. The van der Waals surface area contributed by atoms with Crippen molar-refractivity contribution in [3.63, 3.8) is 0 Å². The first-order valence-corrected chi connectivity index (χ1v) is 13.4. The van der Waals surface area contributed by atoms with Crippen LogP contribution in [-0.4, -0.2) is 74.8 Å². The normalized spacial score (nSPS) is 20.7. The van der Waals surface area contributed by atoms with Crippen LogP contribution in [0.15, 0.2) is 41.3 Å². The maximum absolute atomic E-state index is 13.3. The van der Waals surface area contributed by atoms with Crippen LogP contribution in [0, 0.1) is 0 Å². The topological polar surface area (TPSA) is 87.3 Å². The number of nitrogens with zero attached hydrogens (tertiary/aromatic N) is 6. The summed E-state index contributed by atoms with van der Waals surface area (Å²) in [4.78, 5) is 19.9. The second-order valence-corrected chi connectivity index (χ2v) is 10.4. The molecule has 4 aromatic rings. The van der Waals surface area contributed by atoms with Gasteiger partial charge in [0.15, 0.2) is 5.65 Å². The number of alkyl halides is 1. The van der Waals surface area contributed by atoms with Gasteiger partial charge in [-0.15, -0.1) is 10.2 Å². The summed E-state index contributed by atoms with van der Waals surface area (Å²) in [6.45, 7) is 3.14. The highest BCUT2D eigenvalue weighted by Crippen LogP contribution is 2.37. The zero-order valence-electron chi connectivity index (χ0n) is 21.8. The van der Waals surface area contributed by atoms with Crippen LogP contribution in [0.5, 0.6) is 5.88 Å². The summed E-state index contributed by atoms with van der Waals surface area (Å²) >= 11 is 0. The van der Waals surface area contributed by atoms with E-state index in [1.165, 1.54) is 0 Å². The lowest BCUT2D eigenvalue weighted by Crippen LogP contribution is -2.37. The Morgan fingerprint density at radius 2 is 1.87 bits per heavy atom. The fraction of sp³-hybridized carbons (Fsp3) is 0.500. The molecule has 1 aliphatic heterocycles. The third-order valence-electron chi connectivity index (χ3n) is 7.99. The van der Waals surface area contributed by atoms with Gasteiger partial charge in [-0.25, -0.2) is 14.2 Å². The van der Waals surface area contributed by atoms with Gasteiger partial charge in [-0.2, -0.15) is 0 Å². The highest BCUT2D eigenvalue weighted by atomic mass is 19.1. The molecule has 0 N–H and O–H groups in total. The van der Waals surface area contributed by atoms with Crippen LogP contribution in [0.25, 0.3) is 33.2 Å². The molecule has 0 bridgehead atoms. The van der Waals surface area contributed by atoms with Crippen LogP contribution < -0.4 is 10.4 Å². The molecule has 6 rings (SSSR count). The zero-order valence-corrected chi connectivity index (χ0v) is 21.8. The predicted octanol–water partition coefficient (Wildman–Crippen LogP) is 3.90. The van der Waals surface area contributed by atoms with Gasteiger partial charge in [0.25, 0.3) is 0 Å². The van der Waals surface area contributed by atoms with Crippen molar-refractivity contribution in [2.24, 2.45) is 7.05 Å². The van der Waals surface area contributed by atoms with Crippen molar-refractivity contribution in [3.8, 4) is 17.0 Å². The predicted molar refractivity (Wildman–Crippen MR) is 143 cm³/mol. The number of hydrogen-bond donors (Lipinski definition) is 0. The second kappa shape index (κ2) is 10.4. The molecule has 4 heterocycles. The minimum atomic E-state index is -0.643. The van der Waals surface area contributed by atoms with Gasteiger partial charge in [0.2, 0.25) is 5.88 Å². The number of aryl methyl sites for hydroxylation is 1. The summed E-state index contributed by atoms with van der Waals surface area (Å²) in [5.74, 6) is 0.583. The van der Waals surface area contributed by atoms with Gasteiger partial charge in [-0.05, 0) is 55.9 Å². The number of methoxy groups -OCH3 is 1. The Bertz CT molecular complexity index is 1490. The number of imidazole rings is 1. The van der Waals surface area contributed by atoms with Gasteiger partial charge in [-0.1, -0.05) is 6.07 Å². The Morgan fingerprint density at radius 1 is 1.08 bits per heavy atom. The molecule has 38 heavy (non-hydrogen) atoms. The molecule has 0 amide bonds. The summed E-state index contributed by atoms with van der Waals surface area (Å²) in [6.07, 6.45) is 5.10. The molecule has 10 heteroatoms. The van der Waals surface area contributed by atoms with Crippen LogP contribution in [0.1, 0.15) is 38.1 Å². The molecule has 3 aromatic heterocycles. The smallest absolute Gasteiger partial charge is 0.330 e. The van der Waals surface area contributed by atoms with E-state index in [-0.39, 0.29) is 17.8 Å². The fourth-order valence-corrected chi connectivity index (χ4v) is 5.58. The molecular weight excluding hydrogens is 487 g/mol. The molecule has 1 aliphatic carbocycles. The summed E-state index contributed by atoms with van der Waals surface area (Å²) in [5, 5.41) is 9.64. The van der Waals surface area contributed by atoms with Crippen LogP contribution in [-0.2, 0) is 11.8 Å². The third kappa shape index (κ3) is 4.67. The number of likely N-dealkylation sites (tertiary alicyclic amines) is 1. The van der Waals surface area contributed by atoms with E-state index < -0.39 is 6.17 Å².